The fraction of sp³-hybridized carbons (Fsp3) is 0.429. The number of hydrogen-bond donors (Lipinski definition) is 1. The van der Waals surface area contributed by atoms with Crippen LogP contribution in [0.5, 0.6) is 0 Å². The number of benzene rings is 1. The van der Waals surface area contributed by atoms with Crippen molar-refractivity contribution in [3.8, 4) is 0 Å². The zero-order valence-electron chi connectivity index (χ0n) is 14.9. The Morgan fingerprint density at radius 2 is 1.80 bits per heavy atom. The molecule has 1 amide bonds. The largest absolute Gasteiger partial charge is 0.349 e. The van der Waals surface area contributed by atoms with E-state index in [2.05, 4.69) is 39.5 Å². The van der Waals surface area contributed by atoms with Crippen LogP contribution in [0.25, 0.3) is 0 Å². The topological polar surface area (TPSA) is 45.2 Å². The van der Waals surface area contributed by atoms with Crippen molar-refractivity contribution in [1.29, 1.82) is 0 Å². The standard InChI is InChI=1S/C21H27N3O/c1-17-10-9-13-22-20(17)21(25)23-16-19(18-11-5-4-6-12-18)24-14-7-2-3-8-15-24/h4-6,9-13,19H,2-3,7-8,14-16H2,1H3,(H,23,25)/t19-/m0/s1. The highest BCUT2D eigenvalue weighted by molar-refractivity contribution is 5.93. The van der Waals surface area contributed by atoms with Gasteiger partial charge in [0.2, 0.25) is 0 Å². The van der Waals surface area contributed by atoms with E-state index < -0.39 is 0 Å². The molecule has 0 bridgehead atoms. The van der Waals surface area contributed by atoms with Crippen molar-refractivity contribution in [1.82, 2.24) is 15.2 Å². The van der Waals surface area contributed by atoms with E-state index in [0.717, 1.165) is 18.7 Å². The SMILES string of the molecule is Cc1cccnc1C(=O)NC[C@@H](c1ccccc1)N1CCCCCC1. The van der Waals surface area contributed by atoms with Gasteiger partial charge in [-0.2, -0.15) is 0 Å². The molecule has 1 saturated heterocycles. The maximum atomic E-state index is 12.6. The average Bonchev–Trinajstić information content (AvgIpc) is 2.92. The lowest BCUT2D eigenvalue weighted by Gasteiger charge is -2.31. The summed E-state index contributed by atoms with van der Waals surface area (Å²) in [4.78, 5) is 19.3. The van der Waals surface area contributed by atoms with Crippen LogP contribution in [0.4, 0.5) is 0 Å². The number of likely N-dealkylation sites (tertiary alicyclic amines) is 1. The van der Waals surface area contributed by atoms with E-state index in [9.17, 15) is 4.79 Å². The molecule has 0 spiro atoms. The van der Waals surface area contributed by atoms with Crippen LogP contribution in [0, 0.1) is 6.92 Å². The van der Waals surface area contributed by atoms with Crippen LogP contribution >= 0.6 is 0 Å². The minimum Gasteiger partial charge on any atom is -0.349 e. The third-order valence-corrected chi connectivity index (χ3v) is 4.95. The normalized spacial score (nSPS) is 16.8. The Bertz CT molecular complexity index is 679. The first-order valence-electron chi connectivity index (χ1n) is 9.24. The predicted octanol–water partition coefficient (Wildman–Crippen LogP) is 3.74. The second-order valence-corrected chi connectivity index (χ2v) is 6.76. The lowest BCUT2D eigenvalue weighted by atomic mass is 10.0. The van der Waals surface area contributed by atoms with Gasteiger partial charge in [0.15, 0.2) is 0 Å². The number of rotatable bonds is 5. The maximum absolute atomic E-state index is 12.6. The molecule has 0 unspecified atom stereocenters. The van der Waals surface area contributed by atoms with E-state index >= 15 is 0 Å². The van der Waals surface area contributed by atoms with Crippen LogP contribution in [-0.4, -0.2) is 35.4 Å². The second kappa shape index (κ2) is 8.77. The fourth-order valence-electron chi connectivity index (χ4n) is 3.54. The highest BCUT2D eigenvalue weighted by Crippen LogP contribution is 2.23. The fourth-order valence-corrected chi connectivity index (χ4v) is 3.54. The smallest absolute Gasteiger partial charge is 0.270 e. The molecule has 25 heavy (non-hydrogen) atoms. The summed E-state index contributed by atoms with van der Waals surface area (Å²) >= 11 is 0. The first kappa shape index (κ1) is 17.6. The van der Waals surface area contributed by atoms with Gasteiger partial charge in [0.1, 0.15) is 5.69 Å². The molecule has 0 radical (unpaired) electrons. The van der Waals surface area contributed by atoms with E-state index in [1.807, 2.05) is 25.1 Å². The highest BCUT2D eigenvalue weighted by Gasteiger charge is 2.22. The zero-order chi connectivity index (χ0) is 17.5. The number of carbonyl (C=O) groups is 1. The van der Waals surface area contributed by atoms with Crippen molar-refractivity contribution in [3.63, 3.8) is 0 Å². The van der Waals surface area contributed by atoms with E-state index in [1.54, 1.807) is 6.20 Å². The predicted molar refractivity (Wildman–Crippen MR) is 101 cm³/mol. The van der Waals surface area contributed by atoms with Gasteiger partial charge in [-0.1, -0.05) is 49.2 Å². The third-order valence-electron chi connectivity index (χ3n) is 4.95. The zero-order valence-corrected chi connectivity index (χ0v) is 14.9. The van der Waals surface area contributed by atoms with Gasteiger partial charge >= 0.3 is 0 Å². The third kappa shape index (κ3) is 4.67. The van der Waals surface area contributed by atoms with E-state index in [1.165, 1.54) is 31.2 Å². The summed E-state index contributed by atoms with van der Waals surface area (Å²) < 4.78 is 0. The lowest BCUT2D eigenvalue weighted by molar-refractivity contribution is 0.0927. The molecule has 1 aliphatic rings. The monoisotopic (exact) mass is 337 g/mol. The Kier molecular flexibility index (Phi) is 6.18. The van der Waals surface area contributed by atoms with E-state index in [-0.39, 0.29) is 11.9 Å². The summed E-state index contributed by atoms with van der Waals surface area (Å²) in [6.07, 6.45) is 6.74. The molecular weight excluding hydrogens is 310 g/mol. The summed E-state index contributed by atoms with van der Waals surface area (Å²) in [5.41, 5.74) is 2.69. The summed E-state index contributed by atoms with van der Waals surface area (Å²) in [5.74, 6) is -0.0890. The first-order chi connectivity index (χ1) is 12.3. The Labute approximate surface area is 150 Å². The van der Waals surface area contributed by atoms with Crippen molar-refractivity contribution < 1.29 is 4.79 Å². The van der Waals surface area contributed by atoms with E-state index in [0.29, 0.717) is 12.2 Å². The number of amides is 1. The first-order valence-corrected chi connectivity index (χ1v) is 9.24. The van der Waals surface area contributed by atoms with Crippen molar-refractivity contribution in [2.45, 2.75) is 38.6 Å². The number of nitrogens with one attached hydrogen (secondary N) is 1. The number of hydrogen-bond acceptors (Lipinski definition) is 3. The Balaban J connectivity index is 1.73. The number of aromatic nitrogens is 1. The average molecular weight is 337 g/mol. The van der Waals surface area contributed by atoms with Gasteiger partial charge in [0.25, 0.3) is 5.91 Å². The summed E-state index contributed by atoms with van der Waals surface area (Å²) in [7, 11) is 0. The van der Waals surface area contributed by atoms with Gasteiger partial charge in [0, 0.05) is 12.7 Å². The molecule has 1 N–H and O–H groups in total. The lowest BCUT2D eigenvalue weighted by Crippen LogP contribution is -2.39. The number of nitrogens with zero attached hydrogens (tertiary/aromatic N) is 2. The molecule has 2 heterocycles. The molecule has 1 fully saturated rings. The molecule has 4 heteroatoms. The molecular formula is C21H27N3O. The van der Waals surface area contributed by atoms with Crippen molar-refractivity contribution in [2.75, 3.05) is 19.6 Å². The Hall–Kier alpha value is -2.20. The number of aryl methyl sites for hydroxylation is 1. The minimum atomic E-state index is -0.0890. The second-order valence-electron chi connectivity index (χ2n) is 6.76. The minimum absolute atomic E-state index is 0.0890. The molecule has 3 rings (SSSR count). The molecule has 1 aromatic heterocycles. The molecule has 4 nitrogen and oxygen atoms in total. The van der Waals surface area contributed by atoms with Gasteiger partial charge in [-0.15, -0.1) is 0 Å². The highest BCUT2D eigenvalue weighted by atomic mass is 16.1. The molecule has 132 valence electrons. The van der Waals surface area contributed by atoms with Crippen molar-refractivity contribution in [2.24, 2.45) is 0 Å². The summed E-state index contributed by atoms with van der Waals surface area (Å²) in [5, 5.41) is 3.11. The van der Waals surface area contributed by atoms with Gasteiger partial charge < -0.3 is 5.32 Å². The molecule has 1 aliphatic heterocycles. The van der Waals surface area contributed by atoms with Crippen LogP contribution in [-0.2, 0) is 0 Å². The summed E-state index contributed by atoms with van der Waals surface area (Å²) in [6, 6.07) is 14.5. The van der Waals surface area contributed by atoms with Crippen LogP contribution in [0.2, 0.25) is 0 Å². The van der Waals surface area contributed by atoms with Crippen LogP contribution in [0.3, 0.4) is 0 Å². The maximum Gasteiger partial charge on any atom is 0.270 e. The van der Waals surface area contributed by atoms with Crippen molar-refractivity contribution in [3.05, 3.63) is 65.5 Å². The van der Waals surface area contributed by atoms with Crippen molar-refractivity contribution >= 4 is 5.91 Å². The number of carbonyl (C=O) groups excluding carboxylic acids is 1. The van der Waals surface area contributed by atoms with Crippen LogP contribution in [0.1, 0.15) is 53.3 Å². The van der Waals surface area contributed by atoms with Crippen LogP contribution in [0.15, 0.2) is 48.7 Å². The summed E-state index contributed by atoms with van der Waals surface area (Å²) in [6.45, 7) is 4.72. The Morgan fingerprint density at radius 3 is 2.48 bits per heavy atom. The van der Waals surface area contributed by atoms with Gasteiger partial charge in [0.05, 0.1) is 6.04 Å². The van der Waals surface area contributed by atoms with Gasteiger partial charge in [-0.3, -0.25) is 14.7 Å². The van der Waals surface area contributed by atoms with Crippen LogP contribution < -0.4 is 5.32 Å². The molecule has 0 saturated carbocycles. The van der Waals surface area contributed by atoms with Gasteiger partial charge in [-0.05, 0) is 50.0 Å². The molecule has 1 atom stereocenters. The molecule has 0 aliphatic carbocycles. The van der Waals surface area contributed by atoms with Gasteiger partial charge in [-0.25, -0.2) is 0 Å². The van der Waals surface area contributed by atoms with E-state index in [4.69, 9.17) is 0 Å². The molecule has 1 aromatic carbocycles. The Morgan fingerprint density at radius 1 is 1.08 bits per heavy atom. The molecule has 2 aromatic rings. The quantitative estimate of drug-likeness (QED) is 0.904. The number of pyridine rings is 1.